The third kappa shape index (κ3) is 4.83. The molecule has 0 N–H and O–H groups in total. The van der Waals surface area contributed by atoms with Gasteiger partial charge in [-0.2, -0.15) is 0 Å². The van der Waals surface area contributed by atoms with Crippen molar-refractivity contribution < 1.29 is 0 Å². The first kappa shape index (κ1) is 30.3. The maximum absolute atomic E-state index is 4.97. The quantitative estimate of drug-likeness (QED) is 0.181. The van der Waals surface area contributed by atoms with Crippen LogP contribution in [-0.2, 0) is 0 Å². The minimum Gasteiger partial charge on any atom is -0.309 e. The van der Waals surface area contributed by atoms with Crippen LogP contribution in [0.2, 0.25) is 0 Å². The molecule has 3 heterocycles. The van der Waals surface area contributed by atoms with Gasteiger partial charge in [0.05, 0.1) is 22.1 Å². The van der Waals surface area contributed by atoms with Gasteiger partial charge in [0.25, 0.3) is 0 Å². The van der Waals surface area contributed by atoms with Crippen molar-refractivity contribution in [3.8, 4) is 45.5 Å². The molecule has 0 aliphatic rings. The second-order valence-corrected chi connectivity index (χ2v) is 13.7. The molecule has 0 spiro atoms. The second-order valence-electron chi connectivity index (χ2n) is 13.7. The van der Waals surface area contributed by atoms with Crippen molar-refractivity contribution in [2.75, 3.05) is 0 Å². The summed E-state index contributed by atoms with van der Waals surface area (Å²) in [5, 5.41) is 7.35. The highest BCUT2D eigenvalue weighted by Gasteiger charge is 2.19. The minimum atomic E-state index is 0.638. The summed E-state index contributed by atoms with van der Waals surface area (Å²) in [7, 11) is 0. The molecule has 0 aliphatic carbocycles. The molecule has 252 valence electrons. The molecule has 0 saturated carbocycles. The van der Waals surface area contributed by atoms with Gasteiger partial charge in [-0.15, -0.1) is 0 Å². The predicted octanol–water partition coefficient (Wildman–Crippen LogP) is 12.2. The molecule has 0 atom stereocenters. The molecular formula is C49H31N5. The van der Waals surface area contributed by atoms with Gasteiger partial charge >= 0.3 is 0 Å². The lowest BCUT2D eigenvalue weighted by atomic mass is 10.0. The highest BCUT2D eigenvalue weighted by Crippen LogP contribution is 2.41. The molecule has 0 radical (unpaired) electrons. The monoisotopic (exact) mass is 689 g/mol. The topological polar surface area (TPSA) is 48.5 Å². The lowest BCUT2D eigenvalue weighted by Crippen LogP contribution is -2.00. The molecule has 5 heteroatoms. The van der Waals surface area contributed by atoms with Gasteiger partial charge in [-0.25, -0.2) is 15.0 Å². The van der Waals surface area contributed by atoms with E-state index in [0.717, 1.165) is 39.1 Å². The Morgan fingerprint density at radius 2 is 0.685 bits per heavy atom. The highest BCUT2D eigenvalue weighted by molar-refractivity contribution is 6.20. The average Bonchev–Trinajstić information content (AvgIpc) is 3.74. The molecule has 0 fully saturated rings. The molecule has 11 rings (SSSR count). The lowest BCUT2D eigenvalue weighted by molar-refractivity contribution is 1.07. The average molecular weight is 690 g/mol. The first-order valence-electron chi connectivity index (χ1n) is 18.2. The standard InChI is InChI=1S/C49H31N5/c1-4-14-32(15-5-1)47-50-48(33-16-6-2-7-17-33)52-49(51-47)34-24-26-38(27-25-34)53-43-23-13-12-22-39(43)41-30-46-42(31-45(41)53)40-28-35-18-10-11-19-36(35)29-44(40)54(46)37-20-8-3-9-21-37/h1-31H. The summed E-state index contributed by atoms with van der Waals surface area (Å²) in [6.07, 6.45) is 0. The Kier molecular flexibility index (Phi) is 6.79. The largest absolute Gasteiger partial charge is 0.309 e. The van der Waals surface area contributed by atoms with Crippen molar-refractivity contribution in [3.63, 3.8) is 0 Å². The van der Waals surface area contributed by atoms with Crippen LogP contribution in [0.3, 0.4) is 0 Å². The van der Waals surface area contributed by atoms with Crippen molar-refractivity contribution in [3.05, 3.63) is 188 Å². The second kappa shape index (κ2) is 12.1. The number of fused-ring (bicyclic) bond motifs is 7. The van der Waals surface area contributed by atoms with Crippen LogP contribution in [0.1, 0.15) is 0 Å². The van der Waals surface area contributed by atoms with Gasteiger partial charge < -0.3 is 9.13 Å². The molecule has 54 heavy (non-hydrogen) atoms. The Morgan fingerprint density at radius 1 is 0.278 bits per heavy atom. The smallest absolute Gasteiger partial charge is 0.164 e. The van der Waals surface area contributed by atoms with Gasteiger partial charge in [0.2, 0.25) is 0 Å². The molecule has 11 aromatic rings. The van der Waals surface area contributed by atoms with E-state index in [9.17, 15) is 0 Å². The SMILES string of the molecule is c1ccc(-c2nc(-c3ccccc3)nc(-c3ccc(-n4c5ccccc5c5cc6c(cc54)c4cc5ccccc5cc4n6-c4ccccc4)cc3)n2)cc1. The van der Waals surface area contributed by atoms with Gasteiger partial charge in [0.1, 0.15) is 0 Å². The van der Waals surface area contributed by atoms with Crippen molar-refractivity contribution in [2.45, 2.75) is 0 Å². The van der Waals surface area contributed by atoms with Gasteiger partial charge in [-0.1, -0.05) is 121 Å². The van der Waals surface area contributed by atoms with Crippen LogP contribution in [-0.4, -0.2) is 24.1 Å². The van der Waals surface area contributed by atoms with E-state index in [1.54, 1.807) is 0 Å². The summed E-state index contributed by atoms with van der Waals surface area (Å²) in [4.78, 5) is 14.8. The van der Waals surface area contributed by atoms with E-state index in [1.807, 2.05) is 60.7 Å². The third-order valence-corrected chi connectivity index (χ3v) is 10.5. The Labute approximate surface area is 311 Å². The number of para-hydroxylation sites is 2. The summed E-state index contributed by atoms with van der Waals surface area (Å²) in [6, 6.07) is 66.3. The first-order chi connectivity index (χ1) is 26.8. The van der Waals surface area contributed by atoms with Crippen molar-refractivity contribution in [1.82, 2.24) is 24.1 Å². The van der Waals surface area contributed by atoms with Gasteiger partial charge in [-0.05, 0) is 77.5 Å². The Morgan fingerprint density at radius 3 is 1.30 bits per heavy atom. The number of benzene rings is 8. The predicted molar refractivity (Wildman–Crippen MR) is 222 cm³/mol. The minimum absolute atomic E-state index is 0.638. The zero-order chi connectivity index (χ0) is 35.6. The fourth-order valence-electron chi connectivity index (χ4n) is 7.99. The number of aromatic nitrogens is 5. The van der Waals surface area contributed by atoms with E-state index in [2.05, 4.69) is 137 Å². The molecule has 5 nitrogen and oxygen atoms in total. The molecule has 0 amide bonds. The third-order valence-electron chi connectivity index (χ3n) is 10.5. The zero-order valence-corrected chi connectivity index (χ0v) is 29.1. The maximum Gasteiger partial charge on any atom is 0.164 e. The molecule has 0 saturated heterocycles. The summed E-state index contributed by atoms with van der Waals surface area (Å²) in [5.41, 5.74) is 9.76. The molecule has 0 unspecified atom stereocenters. The fraction of sp³-hybridized carbons (Fsp3) is 0. The molecule has 0 aliphatic heterocycles. The van der Waals surface area contributed by atoms with E-state index in [1.165, 1.54) is 43.4 Å². The number of hydrogen-bond donors (Lipinski definition) is 0. The van der Waals surface area contributed by atoms with Crippen LogP contribution >= 0.6 is 0 Å². The molecule has 8 aromatic carbocycles. The van der Waals surface area contributed by atoms with E-state index >= 15 is 0 Å². The van der Waals surface area contributed by atoms with E-state index in [-0.39, 0.29) is 0 Å². The van der Waals surface area contributed by atoms with Crippen LogP contribution in [0, 0.1) is 0 Å². The summed E-state index contributed by atoms with van der Waals surface area (Å²) in [5.74, 6) is 1.94. The van der Waals surface area contributed by atoms with Gasteiger partial charge in [-0.3, -0.25) is 0 Å². The fourth-order valence-corrected chi connectivity index (χ4v) is 7.99. The number of rotatable bonds is 5. The Hall–Kier alpha value is -7.37. The van der Waals surface area contributed by atoms with Crippen LogP contribution < -0.4 is 0 Å². The maximum atomic E-state index is 4.97. The van der Waals surface area contributed by atoms with Crippen molar-refractivity contribution in [1.29, 1.82) is 0 Å². The van der Waals surface area contributed by atoms with Crippen LogP contribution in [0.5, 0.6) is 0 Å². The Balaban J connectivity index is 1.12. The van der Waals surface area contributed by atoms with Gasteiger partial charge in [0, 0.05) is 49.6 Å². The lowest BCUT2D eigenvalue weighted by Gasteiger charge is -2.11. The normalized spacial score (nSPS) is 11.7. The molecular weight excluding hydrogens is 659 g/mol. The van der Waals surface area contributed by atoms with Crippen LogP contribution in [0.4, 0.5) is 0 Å². The first-order valence-corrected chi connectivity index (χ1v) is 18.2. The summed E-state index contributed by atoms with van der Waals surface area (Å²) >= 11 is 0. The number of nitrogens with zero attached hydrogens (tertiary/aromatic N) is 5. The Bertz CT molecular complexity index is 3120. The molecule has 0 bridgehead atoms. The highest BCUT2D eigenvalue weighted by atomic mass is 15.0. The zero-order valence-electron chi connectivity index (χ0n) is 29.1. The van der Waals surface area contributed by atoms with Crippen LogP contribution in [0.25, 0.3) is 99.9 Å². The molecule has 3 aromatic heterocycles. The van der Waals surface area contributed by atoms with E-state index < -0.39 is 0 Å². The van der Waals surface area contributed by atoms with Crippen molar-refractivity contribution in [2.24, 2.45) is 0 Å². The van der Waals surface area contributed by atoms with E-state index in [0.29, 0.717) is 17.5 Å². The van der Waals surface area contributed by atoms with Crippen LogP contribution in [0.15, 0.2) is 188 Å². The van der Waals surface area contributed by atoms with Gasteiger partial charge in [0.15, 0.2) is 17.5 Å². The number of hydrogen-bond acceptors (Lipinski definition) is 3. The summed E-state index contributed by atoms with van der Waals surface area (Å²) < 4.78 is 4.80. The van der Waals surface area contributed by atoms with Crippen molar-refractivity contribution >= 4 is 54.4 Å². The van der Waals surface area contributed by atoms with E-state index in [4.69, 9.17) is 15.0 Å². The summed E-state index contributed by atoms with van der Waals surface area (Å²) in [6.45, 7) is 0.